The third-order valence-electron chi connectivity index (χ3n) is 4.10. The maximum absolute atomic E-state index is 11.2. The van der Waals surface area contributed by atoms with Crippen LogP contribution in [0.1, 0.15) is 32.1 Å². The zero-order valence-electron chi connectivity index (χ0n) is 11.7. The molecule has 3 rings (SSSR count). The van der Waals surface area contributed by atoms with E-state index in [9.17, 15) is 5.11 Å². The van der Waals surface area contributed by atoms with E-state index >= 15 is 0 Å². The van der Waals surface area contributed by atoms with Crippen LogP contribution in [-0.2, 0) is 0 Å². The van der Waals surface area contributed by atoms with E-state index < -0.39 is 5.72 Å². The Balaban J connectivity index is 2.04. The highest BCUT2D eigenvalue weighted by molar-refractivity contribution is 5.64. The summed E-state index contributed by atoms with van der Waals surface area (Å²) in [5, 5.41) is 11.2. The van der Waals surface area contributed by atoms with Crippen molar-refractivity contribution in [2.75, 3.05) is 4.90 Å². The van der Waals surface area contributed by atoms with E-state index in [1.165, 1.54) is 6.42 Å². The highest BCUT2D eigenvalue weighted by Crippen LogP contribution is 2.39. The SMILES string of the molecule is OC1(N(c2ccccc2)c2ccccc2)CCCCC1. The molecule has 1 aliphatic rings. The number of rotatable bonds is 3. The summed E-state index contributed by atoms with van der Waals surface area (Å²) in [5.74, 6) is 0. The normalized spacial score (nSPS) is 17.6. The van der Waals surface area contributed by atoms with E-state index in [0.717, 1.165) is 37.1 Å². The van der Waals surface area contributed by atoms with Crippen molar-refractivity contribution in [1.29, 1.82) is 0 Å². The van der Waals surface area contributed by atoms with Gasteiger partial charge in [0.15, 0.2) is 0 Å². The molecule has 0 aliphatic heterocycles. The van der Waals surface area contributed by atoms with E-state index in [-0.39, 0.29) is 0 Å². The number of hydrogen-bond acceptors (Lipinski definition) is 2. The zero-order valence-corrected chi connectivity index (χ0v) is 11.7. The number of benzene rings is 2. The molecule has 0 radical (unpaired) electrons. The summed E-state index contributed by atoms with van der Waals surface area (Å²) in [7, 11) is 0. The molecule has 1 saturated carbocycles. The molecule has 20 heavy (non-hydrogen) atoms. The van der Waals surface area contributed by atoms with E-state index in [0.29, 0.717) is 0 Å². The molecule has 0 saturated heterocycles. The number of aliphatic hydroxyl groups is 1. The fraction of sp³-hybridized carbons (Fsp3) is 0.333. The third-order valence-corrected chi connectivity index (χ3v) is 4.10. The van der Waals surface area contributed by atoms with Crippen molar-refractivity contribution in [3.05, 3.63) is 60.7 Å². The molecule has 0 unspecified atom stereocenters. The lowest BCUT2D eigenvalue weighted by atomic mass is 9.89. The summed E-state index contributed by atoms with van der Waals surface area (Å²) in [6, 6.07) is 20.4. The van der Waals surface area contributed by atoms with Gasteiger partial charge in [0.2, 0.25) is 0 Å². The highest BCUT2D eigenvalue weighted by atomic mass is 16.3. The second-order valence-corrected chi connectivity index (χ2v) is 5.55. The summed E-state index contributed by atoms with van der Waals surface area (Å²) in [4.78, 5) is 2.10. The molecule has 2 nitrogen and oxygen atoms in total. The van der Waals surface area contributed by atoms with Crippen LogP contribution in [0.5, 0.6) is 0 Å². The van der Waals surface area contributed by atoms with Gasteiger partial charge in [-0.1, -0.05) is 42.8 Å². The van der Waals surface area contributed by atoms with Gasteiger partial charge in [0.05, 0.1) is 0 Å². The van der Waals surface area contributed by atoms with E-state index in [4.69, 9.17) is 0 Å². The lowest BCUT2D eigenvalue weighted by molar-refractivity contribution is 0.0106. The smallest absolute Gasteiger partial charge is 0.142 e. The Bertz CT molecular complexity index is 492. The minimum atomic E-state index is -0.763. The van der Waals surface area contributed by atoms with Crippen LogP contribution in [0.4, 0.5) is 11.4 Å². The molecule has 1 N–H and O–H groups in total. The molecule has 0 heterocycles. The molecule has 0 bridgehead atoms. The molecule has 1 fully saturated rings. The Labute approximate surface area is 120 Å². The molecule has 0 spiro atoms. The van der Waals surface area contributed by atoms with Crippen LogP contribution in [0.3, 0.4) is 0 Å². The molecule has 1 aliphatic carbocycles. The number of anilines is 2. The first-order chi connectivity index (χ1) is 9.80. The van der Waals surface area contributed by atoms with Gasteiger partial charge in [-0.2, -0.15) is 0 Å². The molecular formula is C18H21NO. The maximum atomic E-state index is 11.2. The predicted molar refractivity (Wildman–Crippen MR) is 83.1 cm³/mol. The molecule has 0 atom stereocenters. The molecular weight excluding hydrogens is 246 g/mol. The Morgan fingerprint density at radius 3 is 1.60 bits per heavy atom. The fourth-order valence-corrected chi connectivity index (χ4v) is 3.13. The number of nitrogens with zero attached hydrogens (tertiary/aromatic N) is 1. The minimum Gasteiger partial charge on any atom is -0.371 e. The molecule has 0 amide bonds. The molecule has 2 aromatic rings. The first-order valence-electron chi connectivity index (χ1n) is 7.42. The van der Waals surface area contributed by atoms with Crippen molar-refractivity contribution in [2.45, 2.75) is 37.8 Å². The Morgan fingerprint density at radius 2 is 1.15 bits per heavy atom. The third kappa shape index (κ3) is 2.56. The molecule has 104 valence electrons. The lowest BCUT2D eigenvalue weighted by Crippen LogP contribution is -2.47. The van der Waals surface area contributed by atoms with Gasteiger partial charge in [0.25, 0.3) is 0 Å². The summed E-state index contributed by atoms with van der Waals surface area (Å²) in [5.41, 5.74) is 1.35. The van der Waals surface area contributed by atoms with Crippen molar-refractivity contribution >= 4 is 11.4 Å². The summed E-state index contributed by atoms with van der Waals surface area (Å²) in [6.07, 6.45) is 5.06. The van der Waals surface area contributed by atoms with Gasteiger partial charge in [0.1, 0.15) is 5.72 Å². The van der Waals surface area contributed by atoms with Crippen molar-refractivity contribution in [2.24, 2.45) is 0 Å². The fourth-order valence-electron chi connectivity index (χ4n) is 3.13. The zero-order chi connectivity index (χ0) is 13.8. The van der Waals surface area contributed by atoms with Crippen LogP contribution in [-0.4, -0.2) is 10.8 Å². The Morgan fingerprint density at radius 1 is 0.700 bits per heavy atom. The van der Waals surface area contributed by atoms with Gasteiger partial charge in [-0.3, -0.25) is 0 Å². The van der Waals surface area contributed by atoms with Crippen molar-refractivity contribution in [1.82, 2.24) is 0 Å². The predicted octanol–water partition coefficient (Wildman–Crippen LogP) is 4.48. The topological polar surface area (TPSA) is 23.5 Å². The van der Waals surface area contributed by atoms with Crippen LogP contribution >= 0.6 is 0 Å². The molecule has 2 aromatic carbocycles. The van der Waals surface area contributed by atoms with Crippen molar-refractivity contribution < 1.29 is 5.11 Å². The average molecular weight is 267 g/mol. The lowest BCUT2D eigenvalue weighted by Gasteiger charge is -2.43. The minimum absolute atomic E-state index is 0.763. The van der Waals surface area contributed by atoms with Gasteiger partial charge in [-0.25, -0.2) is 0 Å². The van der Waals surface area contributed by atoms with E-state index in [1.54, 1.807) is 0 Å². The molecule has 2 heteroatoms. The van der Waals surface area contributed by atoms with Crippen LogP contribution in [0.2, 0.25) is 0 Å². The van der Waals surface area contributed by atoms with Crippen molar-refractivity contribution in [3.8, 4) is 0 Å². The summed E-state index contributed by atoms with van der Waals surface area (Å²) < 4.78 is 0. The maximum Gasteiger partial charge on any atom is 0.142 e. The number of hydrogen-bond donors (Lipinski definition) is 1. The van der Waals surface area contributed by atoms with Crippen LogP contribution in [0.25, 0.3) is 0 Å². The largest absolute Gasteiger partial charge is 0.371 e. The number of para-hydroxylation sites is 2. The van der Waals surface area contributed by atoms with Gasteiger partial charge < -0.3 is 10.0 Å². The van der Waals surface area contributed by atoms with Crippen LogP contribution in [0, 0.1) is 0 Å². The monoisotopic (exact) mass is 267 g/mol. The van der Waals surface area contributed by atoms with Crippen molar-refractivity contribution in [3.63, 3.8) is 0 Å². The Hall–Kier alpha value is -1.80. The first-order valence-corrected chi connectivity index (χ1v) is 7.42. The highest BCUT2D eigenvalue weighted by Gasteiger charge is 2.36. The van der Waals surface area contributed by atoms with Crippen LogP contribution in [0.15, 0.2) is 60.7 Å². The second-order valence-electron chi connectivity index (χ2n) is 5.55. The molecule has 0 aromatic heterocycles. The van der Waals surface area contributed by atoms with E-state index in [1.807, 2.05) is 36.4 Å². The summed E-state index contributed by atoms with van der Waals surface area (Å²) in [6.45, 7) is 0. The van der Waals surface area contributed by atoms with Crippen LogP contribution < -0.4 is 4.90 Å². The average Bonchev–Trinajstić information content (AvgIpc) is 2.50. The quantitative estimate of drug-likeness (QED) is 0.829. The van der Waals surface area contributed by atoms with Gasteiger partial charge in [-0.05, 0) is 49.9 Å². The summed E-state index contributed by atoms with van der Waals surface area (Å²) >= 11 is 0. The Kier molecular flexibility index (Phi) is 3.75. The van der Waals surface area contributed by atoms with E-state index in [2.05, 4.69) is 29.2 Å². The first kappa shape index (κ1) is 13.2. The van der Waals surface area contributed by atoms with Gasteiger partial charge >= 0.3 is 0 Å². The second kappa shape index (κ2) is 5.68. The van der Waals surface area contributed by atoms with Gasteiger partial charge in [-0.15, -0.1) is 0 Å². The van der Waals surface area contributed by atoms with Gasteiger partial charge in [0, 0.05) is 11.4 Å². The standard InChI is InChI=1S/C18H21NO/c20-18(14-8-3-9-15-18)19(16-10-4-1-5-11-16)17-12-6-2-7-13-17/h1-2,4-7,10-13,20H,3,8-9,14-15H2.